The molecule has 23 nitrogen and oxygen atoms in total. The third-order valence-electron chi connectivity index (χ3n) is 20.4. The van der Waals surface area contributed by atoms with Crippen LogP contribution in [0.3, 0.4) is 0 Å². The number of amides is 3. The van der Waals surface area contributed by atoms with Gasteiger partial charge < -0.3 is 86.3 Å². The Kier molecular flexibility index (Phi) is 39.7. The number of carbonyl (C=O) groups excluding carboxylic acids is 5. The fourth-order valence-corrected chi connectivity index (χ4v) is 13.4. The number of aliphatic carboxylic acids is 1. The fourth-order valence-electron chi connectivity index (χ4n) is 13.4. The van der Waals surface area contributed by atoms with Crippen LogP contribution in [0.2, 0.25) is 0 Å². The Morgan fingerprint density at radius 3 is 1.94 bits per heavy atom. The van der Waals surface area contributed by atoms with Gasteiger partial charge in [0.25, 0.3) is 0 Å². The number of rotatable bonds is 25. The summed E-state index contributed by atoms with van der Waals surface area (Å²) < 4.78 is 18.2. The molecular formula is C79H131N3O20. The molecule has 3 amide bonds. The maximum absolute atomic E-state index is 14.3. The van der Waals surface area contributed by atoms with E-state index in [1.54, 1.807) is 108 Å². The largest absolute Gasteiger partial charge is 0.479 e. The number of carbonyl (C=O) groups is 6. The number of allylic oxidation sites excluding steroid dienone is 7. The second-order valence-corrected chi connectivity index (χ2v) is 31.3. The van der Waals surface area contributed by atoms with E-state index in [0.717, 1.165) is 12.5 Å². The van der Waals surface area contributed by atoms with Crippen molar-refractivity contribution in [2.24, 2.45) is 64.1 Å². The number of hydrogen-bond acceptors (Lipinski definition) is 19. The molecule has 2 aliphatic heterocycles. The SMILES string of the molecule is COC1/C=C/C=C/CC/C=C/C=C/C(=O)NC(C(O)C(=O)O)C(=O)OC(C(NC(=O)C(C)C(O)CCC(C)C(O)/C(C)=C/C(C)(C)C(O)C(CC(C)C)NC(=O)/C=C/C(C)(C)C(=O)C(C)C(O)C(C)C)C(C)O)C(C)C(O)C/C=C(\C)C(O)C(C)/C=C(\C)C(O)C(C)C(O)CC2CC(C)CC1O2. The minimum absolute atomic E-state index is 0.0378. The van der Waals surface area contributed by atoms with Crippen molar-refractivity contribution in [2.75, 3.05) is 7.11 Å². The number of methoxy groups -OCH3 is 1. The molecule has 0 aromatic carbocycles. The number of aliphatic hydroxyl groups excluding tert-OH is 10. The van der Waals surface area contributed by atoms with E-state index in [2.05, 4.69) is 22.9 Å². The molecule has 0 aromatic heterocycles. The van der Waals surface area contributed by atoms with Crippen LogP contribution in [0.25, 0.3) is 0 Å². The Labute approximate surface area is 607 Å². The van der Waals surface area contributed by atoms with Gasteiger partial charge in [-0.15, -0.1) is 0 Å². The molecule has 0 aromatic rings. The van der Waals surface area contributed by atoms with E-state index < -0.39 is 161 Å². The topological polar surface area (TPSA) is 389 Å². The van der Waals surface area contributed by atoms with Gasteiger partial charge in [-0.05, 0) is 146 Å². The predicted octanol–water partition coefficient (Wildman–Crippen LogP) is 7.38. The van der Waals surface area contributed by atoms with Crippen molar-refractivity contribution < 1.29 is 99.1 Å². The molecule has 2 rings (SSSR count). The Bertz CT molecular complexity index is 2890. The van der Waals surface area contributed by atoms with Crippen LogP contribution in [-0.4, -0.2) is 202 Å². The molecule has 0 saturated carbocycles. The molecule has 2 heterocycles. The number of carboxylic acids is 1. The Morgan fingerprint density at radius 1 is 0.765 bits per heavy atom. The first-order chi connectivity index (χ1) is 47.3. The summed E-state index contributed by atoms with van der Waals surface area (Å²) in [4.78, 5) is 81.1. The molecule has 14 N–H and O–H groups in total. The first kappa shape index (κ1) is 92.5. The lowest BCUT2D eigenvalue weighted by Gasteiger charge is -2.38. The Balaban J connectivity index is 2.53. The first-order valence-electron chi connectivity index (χ1n) is 36.6. The minimum Gasteiger partial charge on any atom is -0.479 e. The molecule has 0 spiro atoms. The molecule has 24 unspecified atom stereocenters. The number of hydrogen-bond donors (Lipinski definition) is 14. The van der Waals surface area contributed by atoms with Gasteiger partial charge >= 0.3 is 11.9 Å². The van der Waals surface area contributed by atoms with E-state index in [9.17, 15) is 84.9 Å². The summed E-state index contributed by atoms with van der Waals surface area (Å²) in [5.74, 6) is -10.8. The van der Waals surface area contributed by atoms with Crippen LogP contribution >= 0.6 is 0 Å². The van der Waals surface area contributed by atoms with E-state index in [-0.39, 0.29) is 67.5 Å². The summed E-state index contributed by atoms with van der Waals surface area (Å²) >= 11 is 0. The molecule has 1 fully saturated rings. The van der Waals surface area contributed by atoms with Gasteiger partial charge in [0, 0.05) is 47.7 Å². The second-order valence-electron chi connectivity index (χ2n) is 31.3. The smallest absolute Gasteiger partial charge is 0.335 e. The molecule has 1 saturated heterocycles. The summed E-state index contributed by atoms with van der Waals surface area (Å²) in [6.07, 6.45) is 7.96. The third kappa shape index (κ3) is 29.8. The highest BCUT2D eigenvalue weighted by Crippen LogP contribution is 2.35. The molecular weight excluding hydrogens is 1310 g/mol. The lowest BCUT2D eigenvalue weighted by Crippen LogP contribution is -2.59. The molecule has 582 valence electrons. The van der Waals surface area contributed by atoms with Crippen molar-refractivity contribution in [3.63, 3.8) is 0 Å². The zero-order chi connectivity index (χ0) is 78.0. The number of cyclic esters (lactones) is 1. The number of carboxylic acid groups (broad SMARTS) is 1. The summed E-state index contributed by atoms with van der Waals surface area (Å²) in [6.45, 7) is 32.5. The van der Waals surface area contributed by atoms with Gasteiger partial charge in [0.05, 0.1) is 85.1 Å². The summed E-state index contributed by atoms with van der Waals surface area (Å²) in [5.41, 5.74) is -0.747. The fraction of sp³-hybridized carbons (Fsp3) is 0.722. The number of nitrogens with one attached hydrogen (secondary N) is 3. The van der Waals surface area contributed by atoms with Gasteiger partial charge in [-0.2, -0.15) is 0 Å². The molecule has 23 heteroatoms. The van der Waals surface area contributed by atoms with Crippen LogP contribution in [0, 0.1) is 64.1 Å². The van der Waals surface area contributed by atoms with E-state index in [4.69, 9.17) is 14.2 Å². The maximum Gasteiger partial charge on any atom is 0.335 e. The summed E-state index contributed by atoms with van der Waals surface area (Å²) in [6, 6.07) is -4.65. The van der Waals surface area contributed by atoms with Crippen molar-refractivity contribution in [3.05, 3.63) is 95.7 Å². The van der Waals surface area contributed by atoms with Crippen molar-refractivity contribution in [1.29, 1.82) is 0 Å². The number of esters is 1. The van der Waals surface area contributed by atoms with Crippen LogP contribution in [0.1, 0.15) is 189 Å². The Morgan fingerprint density at radius 2 is 1.37 bits per heavy atom. The molecule has 2 aliphatic rings. The van der Waals surface area contributed by atoms with E-state index >= 15 is 0 Å². The monoisotopic (exact) mass is 1440 g/mol. The van der Waals surface area contributed by atoms with Gasteiger partial charge in [-0.3, -0.25) is 19.2 Å². The zero-order valence-corrected chi connectivity index (χ0v) is 64.5. The predicted molar refractivity (Wildman–Crippen MR) is 393 cm³/mol. The quantitative estimate of drug-likeness (QED) is 0.0241. The van der Waals surface area contributed by atoms with Gasteiger partial charge in [0.1, 0.15) is 18.0 Å². The maximum atomic E-state index is 14.3. The van der Waals surface area contributed by atoms with Crippen molar-refractivity contribution in [3.8, 4) is 0 Å². The van der Waals surface area contributed by atoms with Crippen molar-refractivity contribution >= 4 is 35.4 Å². The van der Waals surface area contributed by atoms with Crippen LogP contribution in [0.5, 0.6) is 0 Å². The highest BCUT2D eigenvalue weighted by Gasteiger charge is 2.44. The van der Waals surface area contributed by atoms with Crippen molar-refractivity contribution in [2.45, 2.75) is 293 Å². The van der Waals surface area contributed by atoms with Crippen LogP contribution < -0.4 is 16.0 Å². The standard InChI is InChI=1S/C79H131N3O20/c1-43(2)37-57(80-64(88)35-36-78(16,17)73(94)54(14)67(89)44(3)4)74(95)79(18,19)42-50(10)69(91)47(7)32-34-59(85)53(13)75(96)82-65(55(15)83)72-52(12)58(84)33-31-46(6)68(90)48(8)40-49(9)70(92)51(11)60(86)41-56-38-45(5)39-62(101-56)61(100-20)29-27-25-23-21-22-24-26-28-30-63(87)81-66(77(99)102-72)71(93)76(97)98/h23-31,35-36,40,42-45,47-48,51-62,65-72,74,83-86,89-93,95H,21-22,32-34,37-39,41H2,1-20H3,(H,80,88)(H,81,87)(H,82,96)(H,97,98)/b25-23+,26-24+,29-27+,30-28+,36-35+,46-31+,49-40+,50-42+. The number of fused-ring (bicyclic) bond motifs is 2. The lowest BCUT2D eigenvalue weighted by atomic mass is 9.77. The third-order valence-corrected chi connectivity index (χ3v) is 20.4. The number of Topliss-reactive ketones (excluding diaryl/α,β-unsaturated/α-hetero) is 1. The molecule has 2 bridgehead atoms. The molecule has 102 heavy (non-hydrogen) atoms. The summed E-state index contributed by atoms with van der Waals surface area (Å²) in [7, 11) is 1.60. The minimum atomic E-state index is -2.58. The average molecular weight is 1440 g/mol. The highest BCUT2D eigenvalue weighted by molar-refractivity contribution is 5.94. The van der Waals surface area contributed by atoms with Crippen LogP contribution in [-0.2, 0) is 43.0 Å². The molecule has 0 radical (unpaired) electrons. The lowest BCUT2D eigenvalue weighted by molar-refractivity contribution is -0.170. The normalized spacial score (nSPS) is 31.5. The first-order valence-corrected chi connectivity index (χ1v) is 36.6. The number of aliphatic hydroxyl groups is 10. The Hall–Kier alpha value is -5.54. The van der Waals surface area contributed by atoms with Gasteiger partial charge in [0.15, 0.2) is 12.1 Å². The van der Waals surface area contributed by atoms with E-state index in [1.807, 2.05) is 52.0 Å². The number of ether oxygens (including phenoxy) is 3. The highest BCUT2D eigenvalue weighted by atomic mass is 16.6. The van der Waals surface area contributed by atoms with Crippen LogP contribution in [0.4, 0.5) is 0 Å². The van der Waals surface area contributed by atoms with Gasteiger partial charge in [-0.1, -0.05) is 157 Å². The summed E-state index contributed by atoms with van der Waals surface area (Å²) in [5, 5.41) is 133. The molecule has 0 aliphatic carbocycles. The van der Waals surface area contributed by atoms with Gasteiger partial charge in [0.2, 0.25) is 17.7 Å². The zero-order valence-electron chi connectivity index (χ0n) is 64.5. The average Bonchev–Trinajstić information content (AvgIpc) is 0.840. The van der Waals surface area contributed by atoms with Gasteiger partial charge in [-0.25, -0.2) is 9.59 Å². The second kappa shape index (κ2) is 43.8. The van der Waals surface area contributed by atoms with Crippen LogP contribution in [0.15, 0.2) is 95.7 Å². The molecule has 24 atom stereocenters. The van der Waals surface area contributed by atoms with Crippen molar-refractivity contribution in [1.82, 2.24) is 16.0 Å². The number of ketones is 1. The van der Waals surface area contributed by atoms with E-state index in [1.165, 1.54) is 45.1 Å². The van der Waals surface area contributed by atoms with E-state index in [0.29, 0.717) is 42.4 Å².